The van der Waals surface area contributed by atoms with Crippen LogP contribution in [0.2, 0.25) is 0 Å². The number of carbonyl (C=O) groups is 2. The zero-order chi connectivity index (χ0) is 15.4. The van der Waals surface area contributed by atoms with E-state index in [-0.39, 0.29) is 5.91 Å². The number of ether oxygens (including phenoxy) is 1. The first-order valence-electron chi connectivity index (χ1n) is 6.53. The molecule has 0 radical (unpaired) electrons. The second-order valence-corrected chi connectivity index (χ2v) is 5.85. The molecule has 2 rings (SSSR count). The van der Waals surface area contributed by atoms with Gasteiger partial charge in [0.15, 0.2) is 0 Å². The molecule has 4 nitrogen and oxygen atoms in total. The van der Waals surface area contributed by atoms with Crippen molar-refractivity contribution in [2.75, 3.05) is 7.11 Å². The maximum atomic E-state index is 12.1. The van der Waals surface area contributed by atoms with Crippen molar-refractivity contribution >= 4 is 23.2 Å². The van der Waals surface area contributed by atoms with E-state index in [1.807, 2.05) is 26.0 Å². The molecule has 2 aromatic rings. The summed E-state index contributed by atoms with van der Waals surface area (Å²) in [6.45, 7) is 4.53. The molecule has 0 aliphatic heterocycles. The molecule has 1 heterocycles. The maximum Gasteiger partial charge on any atom is 0.348 e. The average Bonchev–Trinajstić information content (AvgIpc) is 2.95. The van der Waals surface area contributed by atoms with E-state index < -0.39 is 5.97 Å². The predicted octanol–water partition coefficient (Wildman–Crippen LogP) is 3.08. The quantitative estimate of drug-likeness (QED) is 0.883. The van der Waals surface area contributed by atoms with Gasteiger partial charge in [-0.25, -0.2) is 4.79 Å². The first kappa shape index (κ1) is 15.3. The van der Waals surface area contributed by atoms with E-state index in [9.17, 15) is 9.59 Å². The molecule has 21 heavy (non-hydrogen) atoms. The first-order chi connectivity index (χ1) is 10.0. The lowest BCUT2D eigenvalue weighted by Crippen LogP contribution is -2.22. The number of thiophene rings is 1. The predicted molar refractivity (Wildman–Crippen MR) is 82.7 cm³/mol. The SMILES string of the molecule is COC(=O)c1ccc(C(=O)NCc2ccc(C)cc2C)s1. The fraction of sp³-hybridized carbons (Fsp3) is 0.250. The third kappa shape index (κ3) is 3.70. The van der Waals surface area contributed by atoms with Crippen molar-refractivity contribution in [2.45, 2.75) is 20.4 Å². The Morgan fingerprint density at radius 2 is 1.86 bits per heavy atom. The molecule has 0 fully saturated rings. The number of benzene rings is 1. The van der Waals surface area contributed by atoms with Crippen LogP contribution in [0.5, 0.6) is 0 Å². The molecular formula is C16H17NO3S. The summed E-state index contributed by atoms with van der Waals surface area (Å²) < 4.78 is 4.63. The zero-order valence-electron chi connectivity index (χ0n) is 12.2. The normalized spacial score (nSPS) is 10.2. The molecule has 0 saturated heterocycles. The smallest absolute Gasteiger partial charge is 0.348 e. The van der Waals surface area contributed by atoms with Gasteiger partial charge in [0, 0.05) is 6.54 Å². The molecule has 0 aliphatic rings. The lowest BCUT2D eigenvalue weighted by molar-refractivity contribution is 0.0606. The molecule has 5 heteroatoms. The van der Waals surface area contributed by atoms with Gasteiger partial charge >= 0.3 is 5.97 Å². The summed E-state index contributed by atoms with van der Waals surface area (Å²) in [5.41, 5.74) is 3.43. The van der Waals surface area contributed by atoms with E-state index in [2.05, 4.69) is 16.1 Å². The minimum Gasteiger partial charge on any atom is -0.465 e. The van der Waals surface area contributed by atoms with Gasteiger partial charge in [-0.15, -0.1) is 11.3 Å². The number of aryl methyl sites for hydroxylation is 2. The molecule has 1 amide bonds. The molecule has 1 aromatic heterocycles. The van der Waals surface area contributed by atoms with Crippen molar-refractivity contribution in [1.82, 2.24) is 5.32 Å². The number of amides is 1. The second-order valence-electron chi connectivity index (χ2n) is 4.77. The molecule has 0 saturated carbocycles. The standard InChI is InChI=1S/C16H17NO3S/c1-10-4-5-12(11(2)8-10)9-17-15(18)13-6-7-14(21-13)16(19)20-3/h4-8H,9H2,1-3H3,(H,17,18). The van der Waals surface area contributed by atoms with Crippen LogP contribution in [0.15, 0.2) is 30.3 Å². The third-order valence-electron chi connectivity index (χ3n) is 3.15. The van der Waals surface area contributed by atoms with Crippen molar-refractivity contribution in [2.24, 2.45) is 0 Å². The molecule has 0 bridgehead atoms. The van der Waals surface area contributed by atoms with E-state index >= 15 is 0 Å². The third-order valence-corrected chi connectivity index (χ3v) is 4.22. The fourth-order valence-corrected chi connectivity index (χ4v) is 2.82. The lowest BCUT2D eigenvalue weighted by atomic mass is 10.1. The topological polar surface area (TPSA) is 55.4 Å². The zero-order valence-corrected chi connectivity index (χ0v) is 13.0. The lowest BCUT2D eigenvalue weighted by Gasteiger charge is -2.08. The van der Waals surface area contributed by atoms with Crippen LogP contribution < -0.4 is 5.32 Å². The average molecular weight is 303 g/mol. The minimum atomic E-state index is -0.423. The Labute approximate surface area is 127 Å². The highest BCUT2D eigenvalue weighted by atomic mass is 32.1. The number of hydrogen-bond donors (Lipinski definition) is 1. The number of rotatable bonds is 4. The monoisotopic (exact) mass is 303 g/mol. The Kier molecular flexibility index (Phi) is 4.75. The Hall–Kier alpha value is -2.14. The van der Waals surface area contributed by atoms with Crippen LogP contribution in [0.4, 0.5) is 0 Å². The van der Waals surface area contributed by atoms with Crippen molar-refractivity contribution < 1.29 is 14.3 Å². The fourth-order valence-electron chi connectivity index (χ4n) is 1.98. The van der Waals surface area contributed by atoms with Gasteiger partial charge in [-0.05, 0) is 37.1 Å². The highest BCUT2D eigenvalue weighted by molar-refractivity contribution is 7.15. The largest absolute Gasteiger partial charge is 0.465 e. The van der Waals surface area contributed by atoms with Crippen molar-refractivity contribution in [3.63, 3.8) is 0 Å². The van der Waals surface area contributed by atoms with Crippen LogP contribution in [-0.4, -0.2) is 19.0 Å². The van der Waals surface area contributed by atoms with Gasteiger partial charge < -0.3 is 10.1 Å². The first-order valence-corrected chi connectivity index (χ1v) is 7.35. The van der Waals surface area contributed by atoms with Crippen LogP contribution in [-0.2, 0) is 11.3 Å². The van der Waals surface area contributed by atoms with E-state index in [4.69, 9.17) is 0 Å². The van der Waals surface area contributed by atoms with Gasteiger partial charge in [-0.3, -0.25) is 4.79 Å². The summed E-state index contributed by atoms with van der Waals surface area (Å²) >= 11 is 1.13. The van der Waals surface area contributed by atoms with Crippen LogP contribution in [0.25, 0.3) is 0 Å². The molecular weight excluding hydrogens is 286 g/mol. The number of methoxy groups -OCH3 is 1. The highest BCUT2D eigenvalue weighted by Crippen LogP contribution is 2.17. The number of carbonyl (C=O) groups excluding carboxylic acids is 2. The van der Waals surface area contributed by atoms with Gasteiger partial charge in [0.1, 0.15) is 4.88 Å². The van der Waals surface area contributed by atoms with Crippen molar-refractivity contribution in [1.29, 1.82) is 0 Å². The van der Waals surface area contributed by atoms with Crippen LogP contribution in [0, 0.1) is 13.8 Å². The van der Waals surface area contributed by atoms with Crippen LogP contribution in [0.3, 0.4) is 0 Å². The summed E-state index contributed by atoms with van der Waals surface area (Å²) in [4.78, 5) is 24.4. The summed E-state index contributed by atoms with van der Waals surface area (Å²) in [6, 6.07) is 9.35. The molecule has 0 spiro atoms. The van der Waals surface area contributed by atoms with Gasteiger partial charge in [-0.2, -0.15) is 0 Å². The number of nitrogens with one attached hydrogen (secondary N) is 1. The number of hydrogen-bond acceptors (Lipinski definition) is 4. The summed E-state index contributed by atoms with van der Waals surface area (Å²) in [5.74, 6) is -0.608. The van der Waals surface area contributed by atoms with E-state index in [1.54, 1.807) is 12.1 Å². The number of esters is 1. The second kappa shape index (κ2) is 6.54. The highest BCUT2D eigenvalue weighted by Gasteiger charge is 2.13. The molecule has 110 valence electrons. The van der Waals surface area contributed by atoms with E-state index in [0.29, 0.717) is 16.3 Å². The summed E-state index contributed by atoms with van der Waals surface area (Å²) in [6.07, 6.45) is 0. The Bertz CT molecular complexity index is 676. The maximum absolute atomic E-state index is 12.1. The van der Waals surface area contributed by atoms with Gasteiger partial charge in [0.2, 0.25) is 0 Å². The van der Waals surface area contributed by atoms with Gasteiger partial charge in [0.05, 0.1) is 12.0 Å². The van der Waals surface area contributed by atoms with Crippen molar-refractivity contribution in [3.8, 4) is 0 Å². The summed E-state index contributed by atoms with van der Waals surface area (Å²) in [5, 5.41) is 2.87. The minimum absolute atomic E-state index is 0.185. The summed E-state index contributed by atoms with van der Waals surface area (Å²) in [7, 11) is 1.32. The molecule has 0 unspecified atom stereocenters. The Balaban J connectivity index is 2.01. The van der Waals surface area contributed by atoms with Gasteiger partial charge in [-0.1, -0.05) is 23.8 Å². The van der Waals surface area contributed by atoms with E-state index in [1.165, 1.54) is 12.7 Å². The van der Waals surface area contributed by atoms with Crippen LogP contribution >= 0.6 is 11.3 Å². The molecule has 0 atom stereocenters. The Morgan fingerprint density at radius 3 is 2.52 bits per heavy atom. The van der Waals surface area contributed by atoms with Crippen LogP contribution in [0.1, 0.15) is 36.0 Å². The van der Waals surface area contributed by atoms with Gasteiger partial charge in [0.25, 0.3) is 5.91 Å². The van der Waals surface area contributed by atoms with Crippen molar-refractivity contribution in [3.05, 3.63) is 56.8 Å². The Morgan fingerprint density at radius 1 is 1.14 bits per heavy atom. The molecule has 0 aliphatic carbocycles. The molecule has 1 aromatic carbocycles. The molecule has 1 N–H and O–H groups in total. The van der Waals surface area contributed by atoms with E-state index in [0.717, 1.165) is 22.5 Å².